The molecule has 0 unspecified atom stereocenters. The number of furan rings is 2. The SMILES string of the molecule is c1ccc2c(c1)ccc1c2oc2cccc(-c3c4ccccc4c(-c4ccc(-c5ccc6oc7ccccc7c6c5)cc4)c4ccccc34)c21. The van der Waals surface area contributed by atoms with Crippen molar-refractivity contribution in [3.8, 4) is 33.4 Å². The molecule has 2 heteroatoms. The summed E-state index contributed by atoms with van der Waals surface area (Å²) in [6.07, 6.45) is 0. The molecule has 2 aromatic heterocycles. The number of fused-ring (bicyclic) bond motifs is 10. The number of rotatable bonds is 3. The van der Waals surface area contributed by atoms with E-state index in [0.717, 1.165) is 49.3 Å². The molecule has 0 saturated carbocycles. The summed E-state index contributed by atoms with van der Waals surface area (Å²) in [5.41, 5.74) is 10.9. The maximum atomic E-state index is 6.63. The predicted octanol–water partition coefficient (Wildman–Crippen LogP) is 13.9. The fourth-order valence-electron chi connectivity index (χ4n) is 8.23. The summed E-state index contributed by atoms with van der Waals surface area (Å²) in [4.78, 5) is 0. The first-order valence-electron chi connectivity index (χ1n) is 17.1. The Hall–Kier alpha value is -6.64. The van der Waals surface area contributed by atoms with E-state index >= 15 is 0 Å². The van der Waals surface area contributed by atoms with Gasteiger partial charge in [-0.05, 0) is 90.6 Å². The van der Waals surface area contributed by atoms with Gasteiger partial charge in [-0.1, -0.05) is 140 Å². The number of benzene rings is 9. The van der Waals surface area contributed by atoms with E-state index in [2.05, 4.69) is 158 Å². The molecular weight excluding hydrogens is 609 g/mol. The molecule has 232 valence electrons. The molecule has 0 saturated heterocycles. The largest absolute Gasteiger partial charge is 0.456 e. The van der Waals surface area contributed by atoms with Crippen LogP contribution < -0.4 is 0 Å². The second kappa shape index (κ2) is 10.4. The van der Waals surface area contributed by atoms with Crippen LogP contribution >= 0.6 is 0 Å². The Labute approximate surface area is 287 Å². The molecule has 0 bridgehead atoms. The van der Waals surface area contributed by atoms with E-state index in [0.29, 0.717) is 0 Å². The fourth-order valence-corrected chi connectivity index (χ4v) is 8.23. The third-order valence-electron chi connectivity index (χ3n) is 10.5. The van der Waals surface area contributed by atoms with Crippen LogP contribution in [0.4, 0.5) is 0 Å². The molecule has 0 fully saturated rings. The quantitative estimate of drug-likeness (QED) is 0.180. The first-order chi connectivity index (χ1) is 24.8. The van der Waals surface area contributed by atoms with Crippen LogP contribution in [0.1, 0.15) is 0 Å². The number of hydrogen-bond donors (Lipinski definition) is 0. The van der Waals surface area contributed by atoms with Gasteiger partial charge >= 0.3 is 0 Å². The second-order valence-electron chi connectivity index (χ2n) is 13.2. The number of hydrogen-bond acceptors (Lipinski definition) is 2. The lowest BCUT2D eigenvalue weighted by Crippen LogP contribution is -1.91. The van der Waals surface area contributed by atoms with Crippen LogP contribution in [0.15, 0.2) is 179 Å². The zero-order chi connectivity index (χ0) is 32.8. The first kappa shape index (κ1) is 27.3. The Kier molecular flexibility index (Phi) is 5.70. The van der Waals surface area contributed by atoms with E-state index in [-0.39, 0.29) is 0 Å². The summed E-state index contributed by atoms with van der Waals surface area (Å²) in [5.74, 6) is 0. The summed E-state index contributed by atoms with van der Waals surface area (Å²) >= 11 is 0. The minimum atomic E-state index is 0.906. The van der Waals surface area contributed by atoms with E-state index in [1.807, 2.05) is 12.1 Å². The molecule has 0 aliphatic rings. The fraction of sp³-hybridized carbons (Fsp3) is 0. The van der Waals surface area contributed by atoms with Crippen molar-refractivity contribution < 1.29 is 8.83 Å². The molecule has 2 heterocycles. The second-order valence-corrected chi connectivity index (χ2v) is 13.2. The van der Waals surface area contributed by atoms with Gasteiger partial charge in [-0.25, -0.2) is 0 Å². The van der Waals surface area contributed by atoms with Crippen molar-refractivity contribution in [1.29, 1.82) is 0 Å². The standard InChI is InChI=1S/C48H28O2/c1-2-11-33-30(10-1)24-26-40-47-39(17-9-19-44(47)50-48(33)40)46-37-15-5-3-13-35(37)45(36-14-4-6-16-38(36)46)31-22-20-29(21-23-31)32-25-27-43-41(28-32)34-12-7-8-18-42(34)49-43/h1-28H. The van der Waals surface area contributed by atoms with Crippen molar-refractivity contribution in [3.05, 3.63) is 170 Å². The van der Waals surface area contributed by atoms with Gasteiger partial charge in [0.05, 0.1) is 0 Å². The molecule has 0 N–H and O–H groups in total. The molecule has 50 heavy (non-hydrogen) atoms. The van der Waals surface area contributed by atoms with Crippen molar-refractivity contribution in [3.63, 3.8) is 0 Å². The Morgan fingerprint density at radius 2 is 0.880 bits per heavy atom. The van der Waals surface area contributed by atoms with Crippen LogP contribution in [0.5, 0.6) is 0 Å². The Morgan fingerprint density at radius 3 is 1.64 bits per heavy atom. The minimum Gasteiger partial charge on any atom is -0.456 e. The smallest absolute Gasteiger partial charge is 0.143 e. The van der Waals surface area contributed by atoms with E-state index in [4.69, 9.17) is 8.83 Å². The highest BCUT2D eigenvalue weighted by Crippen LogP contribution is 2.47. The summed E-state index contributed by atoms with van der Waals surface area (Å²) < 4.78 is 12.7. The van der Waals surface area contributed by atoms with Crippen molar-refractivity contribution in [2.45, 2.75) is 0 Å². The topological polar surface area (TPSA) is 26.3 Å². The molecule has 9 aromatic carbocycles. The highest BCUT2D eigenvalue weighted by atomic mass is 16.3. The maximum Gasteiger partial charge on any atom is 0.143 e. The Balaban J connectivity index is 1.13. The van der Waals surface area contributed by atoms with Gasteiger partial charge in [0.15, 0.2) is 0 Å². The van der Waals surface area contributed by atoms with Gasteiger partial charge in [0, 0.05) is 26.9 Å². The van der Waals surface area contributed by atoms with Gasteiger partial charge in [-0.2, -0.15) is 0 Å². The minimum absolute atomic E-state index is 0.906. The van der Waals surface area contributed by atoms with E-state index in [1.165, 1.54) is 60.3 Å². The van der Waals surface area contributed by atoms with Crippen LogP contribution in [0.25, 0.3) is 110 Å². The average Bonchev–Trinajstić information content (AvgIpc) is 3.76. The summed E-state index contributed by atoms with van der Waals surface area (Å²) in [7, 11) is 0. The normalized spacial score (nSPS) is 12.0. The first-order valence-corrected chi connectivity index (χ1v) is 17.1. The molecule has 0 amide bonds. The highest BCUT2D eigenvalue weighted by molar-refractivity contribution is 6.27. The lowest BCUT2D eigenvalue weighted by atomic mass is 9.84. The summed E-state index contributed by atoms with van der Waals surface area (Å²) in [5, 5.41) is 11.8. The zero-order valence-electron chi connectivity index (χ0n) is 27.0. The average molecular weight is 637 g/mol. The van der Waals surface area contributed by atoms with Crippen molar-refractivity contribution in [1.82, 2.24) is 0 Å². The molecule has 0 aliphatic carbocycles. The number of para-hydroxylation sites is 1. The molecule has 0 aliphatic heterocycles. The van der Waals surface area contributed by atoms with Crippen LogP contribution in [0.2, 0.25) is 0 Å². The molecule has 11 aromatic rings. The maximum absolute atomic E-state index is 6.63. The van der Waals surface area contributed by atoms with Gasteiger partial charge in [0.2, 0.25) is 0 Å². The van der Waals surface area contributed by atoms with Gasteiger partial charge in [-0.3, -0.25) is 0 Å². The van der Waals surface area contributed by atoms with Crippen LogP contribution in [0.3, 0.4) is 0 Å². The third-order valence-corrected chi connectivity index (χ3v) is 10.5. The lowest BCUT2D eigenvalue weighted by molar-refractivity contribution is 0.669. The van der Waals surface area contributed by atoms with Gasteiger partial charge in [0.25, 0.3) is 0 Å². The monoisotopic (exact) mass is 636 g/mol. The highest BCUT2D eigenvalue weighted by Gasteiger charge is 2.21. The molecule has 0 spiro atoms. The van der Waals surface area contributed by atoms with E-state index in [9.17, 15) is 0 Å². The summed E-state index contributed by atoms with van der Waals surface area (Å²) in [6, 6.07) is 60.9. The zero-order valence-corrected chi connectivity index (χ0v) is 27.0. The van der Waals surface area contributed by atoms with Crippen LogP contribution in [0, 0.1) is 0 Å². The van der Waals surface area contributed by atoms with Crippen LogP contribution in [-0.4, -0.2) is 0 Å². The van der Waals surface area contributed by atoms with Gasteiger partial charge < -0.3 is 8.83 Å². The van der Waals surface area contributed by atoms with Crippen LogP contribution in [-0.2, 0) is 0 Å². The van der Waals surface area contributed by atoms with Crippen molar-refractivity contribution in [2.24, 2.45) is 0 Å². The van der Waals surface area contributed by atoms with Crippen molar-refractivity contribution in [2.75, 3.05) is 0 Å². The molecule has 2 nitrogen and oxygen atoms in total. The molecule has 0 radical (unpaired) electrons. The Bertz CT molecular complexity index is 3080. The molecule has 11 rings (SSSR count). The van der Waals surface area contributed by atoms with Crippen molar-refractivity contribution >= 4 is 76.2 Å². The molecule has 0 atom stereocenters. The molecular formula is C48H28O2. The van der Waals surface area contributed by atoms with E-state index < -0.39 is 0 Å². The summed E-state index contributed by atoms with van der Waals surface area (Å²) in [6.45, 7) is 0. The van der Waals surface area contributed by atoms with Gasteiger partial charge in [0.1, 0.15) is 22.3 Å². The van der Waals surface area contributed by atoms with E-state index in [1.54, 1.807) is 0 Å². The predicted molar refractivity (Wildman–Crippen MR) is 210 cm³/mol. The van der Waals surface area contributed by atoms with Gasteiger partial charge in [-0.15, -0.1) is 0 Å². The lowest BCUT2D eigenvalue weighted by Gasteiger charge is -2.18. The third kappa shape index (κ3) is 3.90. The Morgan fingerprint density at radius 1 is 0.300 bits per heavy atom.